The Labute approximate surface area is 150 Å². The number of nitrogens with zero attached hydrogens (tertiary/aromatic N) is 1. The van der Waals surface area contributed by atoms with Crippen molar-refractivity contribution in [2.24, 2.45) is 0 Å². The molecule has 0 aliphatic carbocycles. The minimum Gasteiger partial charge on any atom is -0.491 e. The summed E-state index contributed by atoms with van der Waals surface area (Å²) in [7, 11) is 0. The van der Waals surface area contributed by atoms with Crippen LogP contribution < -0.4 is 15.0 Å². The lowest BCUT2D eigenvalue weighted by Gasteiger charge is -2.21. The minimum atomic E-state index is 0.125. The van der Waals surface area contributed by atoms with Crippen LogP contribution in [0.1, 0.15) is 32.8 Å². The zero-order valence-corrected chi connectivity index (χ0v) is 15.6. The maximum absolute atomic E-state index is 12.5. The summed E-state index contributed by atoms with van der Waals surface area (Å²) >= 11 is 0. The lowest BCUT2D eigenvalue weighted by atomic mass is 10.2. The summed E-state index contributed by atoms with van der Waals surface area (Å²) < 4.78 is 5.63. The first-order chi connectivity index (χ1) is 12.0. The molecule has 1 N–H and O–H groups in total. The fraction of sp³-hybridized carbons (Fsp3) is 0.381. The first-order valence-electron chi connectivity index (χ1n) is 8.87. The molecule has 0 unspecified atom stereocenters. The van der Waals surface area contributed by atoms with Crippen LogP contribution in [0.2, 0.25) is 0 Å². The molecule has 4 heteroatoms. The van der Waals surface area contributed by atoms with Crippen LogP contribution in [0.3, 0.4) is 0 Å². The summed E-state index contributed by atoms with van der Waals surface area (Å²) in [6.07, 6.45) is 0.615. The molecule has 2 aromatic carbocycles. The Hall–Kier alpha value is -2.49. The number of amides is 1. The Kier molecular flexibility index (Phi) is 6.87. The summed E-state index contributed by atoms with van der Waals surface area (Å²) in [5, 5.41) is 3.29. The van der Waals surface area contributed by atoms with E-state index in [4.69, 9.17) is 4.74 Å². The molecule has 0 bridgehead atoms. The Balaban J connectivity index is 1.86. The second-order valence-corrected chi connectivity index (χ2v) is 6.34. The summed E-state index contributed by atoms with van der Waals surface area (Å²) in [5.41, 5.74) is 3.11. The number of rotatable bonds is 8. The zero-order chi connectivity index (χ0) is 18.2. The van der Waals surface area contributed by atoms with Crippen LogP contribution in [-0.4, -0.2) is 25.1 Å². The number of carbonyl (C=O) groups is 1. The van der Waals surface area contributed by atoms with Crippen LogP contribution in [0.4, 0.5) is 11.4 Å². The van der Waals surface area contributed by atoms with Crippen molar-refractivity contribution in [3.05, 3.63) is 54.1 Å². The normalized spacial score (nSPS) is 10.6. The summed E-state index contributed by atoms with van der Waals surface area (Å²) in [5.74, 6) is 0.980. The largest absolute Gasteiger partial charge is 0.491 e. The highest BCUT2D eigenvalue weighted by Gasteiger charge is 2.13. The molecule has 1 amide bonds. The van der Waals surface area contributed by atoms with Gasteiger partial charge in [-0.2, -0.15) is 0 Å². The summed E-state index contributed by atoms with van der Waals surface area (Å²) in [6.45, 7) is 9.32. The van der Waals surface area contributed by atoms with Crippen molar-refractivity contribution in [1.29, 1.82) is 0 Å². The number of ether oxygens (including phenoxy) is 1. The lowest BCUT2D eigenvalue weighted by Crippen LogP contribution is -2.31. The molecule has 0 aromatic heterocycles. The number of aryl methyl sites for hydroxylation is 1. The third kappa shape index (κ3) is 5.82. The van der Waals surface area contributed by atoms with Crippen molar-refractivity contribution in [2.45, 2.75) is 40.2 Å². The van der Waals surface area contributed by atoms with E-state index in [0.29, 0.717) is 19.5 Å². The molecule has 0 heterocycles. The SMILES string of the molecule is CCN(C(=O)CCNc1ccc(OC(C)C)cc1)c1cccc(C)c1. The van der Waals surface area contributed by atoms with Crippen molar-refractivity contribution in [3.63, 3.8) is 0 Å². The maximum Gasteiger partial charge on any atom is 0.228 e. The van der Waals surface area contributed by atoms with E-state index < -0.39 is 0 Å². The molecule has 4 nitrogen and oxygen atoms in total. The van der Waals surface area contributed by atoms with Crippen LogP contribution in [-0.2, 0) is 4.79 Å². The Bertz CT molecular complexity index is 681. The van der Waals surface area contributed by atoms with Crippen molar-refractivity contribution < 1.29 is 9.53 Å². The molecule has 2 rings (SSSR count). The highest BCUT2D eigenvalue weighted by Crippen LogP contribution is 2.18. The number of anilines is 2. The Morgan fingerprint density at radius 2 is 1.88 bits per heavy atom. The van der Waals surface area contributed by atoms with Crippen molar-refractivity contribution in [1.82, 2.24) is 0 Å². The maximum atomic E-state index is 12.5. The molecule has 0 atom stereocenters. The predicted molar refractivity (Wildman–Crippen MR) is 105 cm³/mol. The van der Waals surface area contributed by atoms with Gasteiger partial charge in [-0.3, -0.25) is 4.79 Å². The summed E-state index contributed by atoms with van der Waals surface area (Å²) in [6, 6.07) is 15.9. The highest BCUT2D eigenvalue weighted by atomic mass is 16.5. The van der Waals surface area contributed by atoms with Crippen LogP contribution in [0.25, 0.3) is 0 Å². The van der Waals surface area contributed by atoms with Crippen LogP contribution in [0.15, 0.2) is 48.5 Å². The third-order valence-electron chi connectivity index (χ3n) is 3.82. The van der Waals surface area contributed by atoms with E-state index in [9.17, 15) is 4.79 Å². The third-order valence-corrected chi connectivity index (χ3v) is 3.82. The number of hydrogen-bond acceptors (Lipinski definition) is 3. The molecule has 0 spiro atoms. The summed E-state index contributed by atoms with van der Waals surface area (Å²) in [4.78, 5) is 14.3. The van der Waals surface area contributed by atoms with E-state index in [1.807, 2.05) is 81.1 Å². The van der Waals surface area contributed by atoms with E-state index >= 15 is 0 Å². The van der Waals surface area contributed by atoms with Gasteiger partial charge in [0, 0.05) is 30.9 Å². The molecule has 25 heavy (non-hydrogen) atoms. The first-order valence-corrected chi connectivity index (χ1v) is 8.87. The van der Waals surface area contributed by atoms with Crippen molar-refractivity contribution in [2.75, 3.05) is 23.3 Å². The van der Waals surface area contributed by atoms with Gasteiger partial charge in [-0.25, -0.2) is 0 Å². The van der Waals surface area contributed by atoms with Gasteiger partial charge < -0.3 is 15.0 Å². The predicted octanol–water partition coefficient (Wildman–Crippen LogP) is 4.64. The molecular formula is C21H28N2O2. The fourth-order valence-electron chi connectivity index (χ4n) is 2.67. The van der Waals surface area contributed by atoms with E-state index in [-0.39, 0.29) is 12.0 Å². The number of carbonyl (C=O) groups excluding carboxylic acids is 1. The molecule has 0 aliphatic rings. The lowest BCUT2D eigenvalue weighted by molar-refractivity contribution is -0.118. The molecule has 0 fully saturated rings. The number of nitrogens with one attached hydrogen (secondary N) is 1. The van der Waals surface area contributed by atoms with Gasteiger partial charge in [0.25, 0.3) is 0 Å². The van der Waals surface area contributed by atoms with Gasteiger partial charge in [-0.15, -0.1) is 0 Å². The molecule has 0 aliphatic heterocycles. The smallest absolute Gasteiger partial charge is 0.228 e. The van der Waals surface area contributed by atoms with Gasteiger partial charge in [0.2, 0.25) is 5.91 Å². The molecular weight excluding hydrogens is 312 g/mol. The van der Waals surface area contributed by atoms with Crippen LogP contribution >= 0.6 is 0 Å². The molecule has 0 saturated carbocycles. The zero-order valence-electron chi connectivity index (χ0n) is 15.6. The van der Waals surface area contributed by atoms with E-state index in [0.717, 1.165) is 22.7 Å². The van der Waals surface area contributed by atoms with Crippen molar-refractivity contribution in [3.8, 4) is 5.75 Å². The topological polar surface area (TPSA) is 41.6 Å². The van der Waals surface area contributed by atoms with Gasteiger partial charge in [0.05, 0.1) is 6.10 Å². The first kappa shape index (κ1) is 18.8. The van der Waals surface area contributed by atoms with Gasteiger partial charge >= 0.3 is 0 Å². The van der Waals surface area contributed by atoms with E-state index in [2.05, 4.69) is 5.32 Å². The highest BCUT2D eigenvalue weighted by molar-refractivity contribution is 5.93. The van der Waals surface area contributed by atoms with Crippen LogP contribution in [0.5, 0.6) is 5.75 Å². The van der Waals surface area contributed by atoms with Crippen molar-refractivity contribution >= 4 is 17.3 Å². The average molecular weight is 340 g/mol. The quantitative estimate of drug-likeness (QED) is 0.761. The van der Waals surface area contributed by atoms with Gasteiger partial charge in [-0.1, -0.05) is 12.1 Å². The second-order valence-electron chi connectivity index (χ2n) is 6.34. The molecule has 134 valence electrons. The monoisotopic (exact) mass is 340 g/mol. The van der Waals surface area contributed by atoms with Gasteiger partial charge in [-0.05, 0) is 69.7 Å². The molecule has 2 aromatic rings. The van der Waals surface area contributed by atoms with Crippen LogP contribution in [0, 0.1) is 6.92 Å². The Morgan fingerprint density at radius 3 is 2.48 bits per heavy atom. The van der Waals surface area contributed by atoms with Gasteiger partial charge in [0.15, 0.2) is 0 Å². The number of benzene rings is 2. The Morgan fingerprint density at radius 1 is 1.16 bits per heavy atom. The second kappa shape index (κ2) is 9.11. The molecule has 0 saturated heterocycles. The van der Waals surface area contributed by atoms with Gasteiger partial charge in [0.1, 0.15) is 5.75 Å². The van der Waals surface area contributed by atoms with E-state index in [1.165, 1.54) is 0 Å². The standard InChI is InChI=1S/C21H28N2O2/c1-5-23(19-8-6-7-17(4)15-19)21(24)13-14-22-18-9-11-20(12-10-18)25-16(2)3/h6-12,15-16,22H,5,13-14H2,1-4H3. The number of hydrogen-bond donors (Lipinski definition) is 1. The average Bonchev–Trinajstić information content (AvgIpc) is 2.57. The van der Waals surface area contributed by atoms with E-state index in [1.54, 1.807) is 0 Å². The molecule has 0 radical (unpaired) electrons. The fourth-order valence-corrected chi connectivity index (χ4v) is 2.67. The minimum absolute atomic E-state index is 0.125.